The molecule has 0 saturated carbocycles. The average Bonchev–Trinajstić information content (AvgIpc) is 0.973. The molecule has 0 radical (unpaired) electrons. The van der Waals surface area contributed by atoms with E-state index < -0.39 is 43.9 Å². The van der Waals surface area contributed by atoms with E-state index in [9.17, 15) is 64.9 Å². The number of phenols is 4. The predicted molar refractivity (Wildman–Crippen MR) is 361 cm³/mol. The zero-order valence-electron chi connectivity index (χ0n) is 55.8. The standard InChI is InChI=1S/2C11H14F2.C11H15FO.C10H14O3S.C10H14O2S.C10H14O2.C10H14OS/c1-7(2)4-9-5-10(12)8(3)11(13)6-9;1-7(2)6-9-4-5-10(12)8(3)11(9)13;1-7(2)4-9-6-10(12)5-8(3)11(9)13;1-8(2)7-14(12,13)10-6-4-3-5-9(10)11;1-8(2)7-13(12)10-6-4-3-5-9(10)11;1-6(2)4-5-8-9(11)7(3)10(8)12;1-8(2)7-12-10-6-4-3-5-9(10)11/h5-7H,4H2,1-3H3;4-5,7H,6H2,1-3H3;5-7,13H,4H2,1-3H3;3-6,8,11H,7H2,1-2H3;3-6,8,11H,7H2,1-2H3;6,11H,3-5H2,1-2H3;3-6,8,11H,7H2,1-2H3. The van der Waals surface area contributed by atoms with Gasteiger partial charge in [-0.05, 0) is 183 Å². The number of halogens is 5. The van der Waals surface area contributed by atoms with Gasteiger partial charge in [-0.15, -0.1) is 11.8 Å². The summed E-state index contributed by atoms with van der Waals surface area (Å²) in [6.45, 7) is 36.4. The van der Waals surface area contributed by atoms with Crippen LogP contribution >= 0.6 is 11.8 Å². The van der Waals surface area contributed by atoms with Crippen LogP contribution in [0.5, 0.6) is 23.0 Å². The Balaban J connectivity index is 0.000000525. The topological polar surface area (TPSA) is 169 Å². The van der Waals surface area contributed by atoms with Gasteiger partial charge < -0.3 is 25.5 Å². The van der Waals surface area contributed by atoms with Crippen molar-refractivity contribution >= 4 is 38.2 Å². The number of aliphatic hydroxyl groups is 1. The number of benzene rings is 6. The smallest absolute Gasteiger partial charge is 0.195 e. The van der Waals surface area contributed by atoms with Crippen LogP contribution in [0.3, 0.4) is 0 Å². The van der Waals surface area contributed by atoms with Crippen molar-refractivity contribution in [1.29, 1.82) is 0 Å². The van der Waals surface area contributed by atoms with Gasteiger partial charge in [0.1, 0.15) is 62.7 Å². The molecule has 5 N–H and O–H groups in total. The fourth-order valence-electron chi connectivity index (χ4n) is 8.31. The molecule has 1 unspecified atom stereocenters. The van der Waals surface area contributed by atoms with E-state index in [2.05, 4.69) is 34.3 Å². The lowest BCUT2D eigenvalue weighted by atomic mass is 9.85. The molecule has 90 heavy (non-hydrogen) atoms. The van der Waals surface area contributed by atoms with Gasteiger partial charge in [0.25, 0.3) is 0 Å². The van der Waals surface area contributed by atoms with Crippen molar-refractivity contribution in [3.63, 3.8) is 0 Å². The van der Waals surface area contributed by atoms with Crippen molar-refractivity contribution in [2.24, 2.45) is 41.4 Å². The van der Waals surface area contributed by atoms with Crippen molar-refractivity contribution in [3.8, 4) is 23.0 Å². The maximum absolute atomic E-state index is 13.4. The lowest BCUT2D eigenvalue weighted by Gasteiger charge is -2.20. The van der Waals surface area contributed by atoms with E-state index in [0.717, 1.165) is 22.6 Å². The molecule has 6 aromatic rings. The number of carbonyl (C=O) groups is 1. The van der Waals surface area contributed by atoms with Crippen LogP contribution in [0.25, 0.3) is 0 Å². The second kappa shape index (κ2) is 40.4. The first-order valence-corrected chi connectivity index (χ1v) is 34.4. The van der Waals surface area contributed by atoms with E-state index in [0.29, 0.717) is 99.9 Å². The van der Waals surface area contributed by atoms with Crippen molar-refractivity contribution in [3.05, 3.63) is 195 Å². The van der Waals surface area contributed by atoms with Crippen molar-refractivity contribution in [2.75, 3.05) is 17.3 Å². The van der Waals surface area contributed by atoms with Crippen molar-refractivity contribution in [1.82, 2.24) is 0 Å². The van der Waals surface area contributed by atoms with E-state index in [1.165, 1.54) is 62.4 Å². The summed E-state index contributed by atoms with van der Waals surface area (Å²) in [5.41, 5.74) is 3.71. The highest BCUT2D eigenvalue weighted by Gasteiger charge is 2.31. The lowest BCUT2D eigenvalue weighted by Crippen LogP contribution is -2.21. The summed E-state index contributed by atoms with van der Waals surface area (Å²) in [4.78, 5) is 12.6. The molecule has 0 aliphatic heterocycles. The zero-order chi connectivity index (χ0) is 68.9. The molecule has 0 saturated heterocycles. The molecule has 6 aromatic carbocycles. The molecule has 0 heterocycles. The third-order valence-corrected chi connectivity index (χ3v) is 18.3. The summed E-state index contributed by atoms with van der Waals surface area (Å²) in [7, 11) is -4.42. The van der Waals surface area contributed by atoms with E-state index in [-0.39, 0.29) is 67.9 Å². The van der Waals surface area contributed by atoms with Gasteiger partial charge in [0.2, 0.25) is 0 Å². The number of Topliss-reactive ketones (excluding diaryl/α,β-unsaturated/α-hetero) is 1. The van der Waals surface area contributed by atoms with Crippen LogP contribution in [0, 0.1) is 91.3 Å². The molecule has 0 spiro atoms. The second-order valence-electron chi connectivity index (χ2n) is 25.1. The number of aliphatic hydroxyl groups excluding tert-OH is 1. The number of hydrogen-bond donors (Lipinski definition) is 5. The highest BCUT2D eigenvalue weighted by atomic mass is 32.2. The molecule has 498 valence electrons. The molecule has 9 nitrogen and oxygen atoms in total. The van der Waals surface area contributed by atoms with Gasteiger partial charge in [0.05, 0.1) is 27.0 Å². The number of hydrogen-bond acceptors (Lipinski definition) is 10. The monoisotopic (exact) mass is 1310 g/mol. The maximum Gasteiger partial charge on any atom is 0.195 e. The molecule has 1 aliphatic carbocycles. The van der Waals surface area contributed by atoms with Crippen molar-refractivity contribution in [2.45, 2.75) is 164 Å². The molecular formula is C73H99F5O9S3. The summed E-state index contributed by atoms with van der Waals surface area (Å²) in [6.07, 6.45) is 3.71. The second-order valence-corrected chi connectivity index (χ2v) is 29.6. The normalized spacial score (nSPS) is 12.2. The van der Waals surface area contributed by atoms with Crippen LogP contribution in [-0.4, -0.2) is 61.2 Å². The fraction of sp³-hybridized carbons (Fsp3) is 0.438. The quantitative estimate of drug-likeness (QED) is 0.0317. The first kappa shape index (κ1) is 81.6. The first-order chi connectivity index (χ1) is 41.8. The SMILES string of the molecule is C=C1C(=O)C(CCC(C)C)=C1O.CC(C)CS(=O)(=O)c1ccccc1O.CC(C)CS(=O)c1ccccc1O.CC(C)CSc1ccccc1O.Cc1c(F)cc(CC(C)C)cc1F.Cc1c(F)ccc(CC(C)C)c1F.Cc1cc(F)cc(CC(C)C)c1O. The fourth-order valence-corrected chi connectivity index (χ4v) is 12.3. The third-order valence-electron chi connectivity index (χ3n) is 12.9. The molecular weight excluding hydrogens is 1210 g/mol. The Hall–Kier alpha value is -6.43. The van der Waals surface area contributed by atoms with Gasteiger partial charge in [-0.3, -0.25) is 9.00 Å². The van der Waals surface area contributed by atoms with Crippen LogP contribution in [0.4, 0.5) is 22.0 Å². The highest BCUT2D eigenvalue weighted by molar-refractivity contribution is 7.99. The molecule has 0 aromatic heterocycles. The maximum atomic E-state index is 13.4. The van der Waals surface area contributed by atoms with Crippen LogP contribution in [0.1, 0.15) is 143 Å². The lowest BCUT2D eigenvalue weighted by molar-refractivity contribution is -0.114. The van der Waals surface area contributed by atoms with E-state index >= 15 is 0 Å². The number of ketones is 1. The number of phenolic OH excluding ortho intramolecular Hbond substituents is 4. The first-order valence-electron chi connectivity index (χ1n) is 30.4. The van der Waals surface area contributed by atoms with Gasteiger partial charge in [0.15, 0.2) is 15.6 Å². The number of carbonyl (C=O) groups excluding carboxylic acids is 1. The molecule has 0 bridgehead atoms. The third kappa shape index (κ3) is 30.1. The Morgan fingerprint density at radius 1 is 0.544 bits per heavy atom. The Morgan fingerprint density at radius 2 is 1.06 bits per heavy atom. The minimum absolute atomic E-state index is 0.0219. The number of rotatable bonds is 18. The summed E-state index contributed by atoms with van der Waals surface area (Å²) < 4.78 is 100. The Kier molecular flexibility index (Phi) is 36.6. The Labute approximate surface area is 541 Å². The molecule has 17 heteroatoms. The predicted octanol–water partition coefficient (Wildman–Crippen LogP) is 19.5. The number of aromatic hydroxyl groups is 4. The van der Waals surface area contributed by atoms with Crippen LogP contribution in [-0.2, 0) is 44.7 Å². The van der Waals surface area contributed by atoms with Gasteiger partial charge in [-0.1, -0.05) is 146 Å². The Bertz CT molecular complexity index is 3370. The molecule has 1 aliphatic rings. The summed E-state index contributed by atoms with van der Waals surface area (Å²) in [5, 5.41) is 47.0. The summed E-state index contributed by atoms with van der Waals surface area (Å²) in [5.74, 6) is 3.20. The summed E-state index contributed by atoms with van der Waals surface area (Å²) in [6, 6.07) is 28.7. The minimum atomic E-state index is -3.34. The zero-order valence-corrected chi connectivity index (χ0v) is 58.2. The molecule has 0 amide bonds. The molecule has 7 rings (SSSR count). The largest absolute Gasteiger partial charge is 0.507 e. The Morgan fingerprint density at radius 3 is 1.53 bits per heavy atom. The minimum Gasteiger partial charge on any atom is -0.507 e. The van der Waals surface area contributed by atoms with E-state index in [4.69, 9.17) is 0 Å². The number of para-hydroxylation sites is 3. The van der Waals surface area contributed by atoms with Gasteiger partial charge in [0, 0.05) is 33.1 Å². The number of aryl methyl sites for hydroxylation is 1. The van der Waals surface area contributed by atoms with Gasteiger partial charge >= 0.3 is 0 Å². The van der Waals surface area contributed by atoms with E-state index in [1.807, 2.05) is 87.4 Å². The number of thioether (sulfide) groups is 1. The van der Waals surface area contributed by atoms with Gasteiger partial charge in [-0.2, -0.15) is 0 Å². The average molecular weight is 1310 g/mol. The van der Waals surface area contributed by atoms with Crippen LogP contribution in [0.2, 0.25) is 0 Å². The van der Waals surface area contributed by atoms with Crippen molar-refractivity contribution < 1.29 is 64.9 Å². The van der Waals surface area contributed by atoms with Crippen LogP contribution < -0.4 is 0 Å². The summed E-state index contributed by atoms with van der Waals surface area (Å²) >= 11 is 1.71. The molecule has 1 atom stereocenters. The highest BCUT2D eigenvalue weighted by Crippen LogP contribution is 2.32. The van der Waals surface area contributed by atoms with Gasteiger partial charge in [-0.25, -0.2) is 30.4 Å². The van der Waals surface area contributed by atoms with E-state index in [1.54, 1.807) is 61.2 Å². The number of allylic oxidation sites excluding steroid dienone is 2. The molecule has 0 fully saturated rings. The number of sulfone groups is 1. The van der Waals surface area contributed by atoms with Crippen LogP contribution in [0.15, 0.2) is 147 Å².